The van der Waals surface area contributed by atoms with E-state index in [1.807, 2.05) is 0 Å². The maximum Gasteiger partial charge on any atom is 0.294 e. The zero-order chi connectivity index (χ0) is 10.6. The van der Waals surface area contributed by atoms with E-state index in [0.717, 1.165) is 12.8 Å². The van der Waals surface area contributed by atoms with E-state index in [1.165, 1.54) is 6.92 Å². The van der Waals surface area contributed by atoms with E-state index in [2.05, 4.69) is 10.2 Å². The average Bonchev–Trinajstić information content (AvgIpc) is 2.01. The van der Waals surface area contributed by atoms with Crippen LogP contribution in [0.15, 0.2) is 0 Å². The van der Waals surface area contributed by atoms with Gasteiger partial charge in [0.05, 0.1) is 0 Å². The van der Waals surface area contributed by atoms with E-state index in [0.29, 0.717) is 12.8 Å². The molecule has 0 spiro atoms. The molecule has 0 radical (unpaired) electrons. The fraction of sp³-hybridized carbons (Fsp3) is 0.875. The van der Waals surface area contributed by atoms with Gasteiger partial charge in [0.15, 0.2) is 0 Å². The Morgan fingerprint density at radius 2 is 2.29 bits per heavy atom. The Morgan fingerprint density at radius 1 is 1.57 bits per heavy atom. The lowest BCUT2D eigenvalue weighted by atomic mass is 9.93. The maximum absolute atomic E-state index is 10.8. The number of nitrogens with zero attached hydrogens (tertiary/aromatic N) is 1. The van der Waals surface area contributed by atoms with Crippen LogP contribution in [-0.2, 0) is 9.63 Å². The Kier molecular flexibility index (Phi) is 3.67. The Labute approximate surface area is 81.7 Å². The number of nitrogens with one attached hydrogen (secondary N) is 1. The molecule has 80 valence electrons. The summed E-state index contributed by atoms with van der Waals surface area (Å²) in [6.07, 6.45) is 2.58. The second-order valence-corrected chi connectivity index (χ2v) is 3.52. The van der Waals surface area contributed by atoms with Crippen LogP contribution in [0.25, 0.3) is 0 Å². The van der Waals surface area contributed by atoms with Gasteiger partial charge in [-0.3, -0.25) is 4.79 Å². The molecule has 1 rings (SSSR count). The normalized spacial score (nSPS) is 26.6. The van der Waals surface area contributed by atoms with Gasteiger partial charge in [0.2, 0.25) is 5.91 Å². The van der Waals surface area contributed by atoms with Gasteiger partial charge in [-0.2, -0.15) is 0 Å². The molecular formula is C8H14N2O4. The van der Waals surface area contributed by atoms with E-state index in [9.17, 15) is 14.9 Å². The second kappa shape index (κ2) is 4.78. The summed E-state index contributed by atoms with van der Waals surface area (Å²) in [5.74, 6) is -0.100. The third-order valence-corrected chi connectivity index (χ3v) is 2.27. The van der Waals surface area contributed by atoms with Crippen molar-refractivity contribution in [1.29, 1.82) is 0 Å². The summed E-state index contributed by atoms with van der Waals surface area (Å²) in [6.45, 7) is 1.44. The Balaban J connectivity index is 2.35. The van der Waals surface area contributed by atoms with E-state index in [-0.39, 0.29) is 18.1 Å². The molecule has 1 fully saturated rings. The first-order valence-corrected chi connectivity index (χ1v) is 4.66. The van der Waals surface area contributed by atoms with Crippen molar-refractivity contribution in [2.75, 3.05) is 0 Å². The predicted molar refractivity (Wildman–Crippen MR) is 47.9 cm³/mol. The molecule has 6 nitrogen and oxygen atoms in total. The first kappa shape index (κ1) is 10.7. The van der Waals surface area contributed by atoms with E-state index in [1.54, 1.807) is 0 Å². The molecule has 0 aliphatic heterocycles. The standard InChI is InChI=1S/C8H14N2O4/c1-6(11)9-7-3-2-4-8(5-7)14-10(12)13/h7-8H,2-5H2,1H3,(H,9,11). The van der Waals surface area contributed by atoms with Crippen molar-refractivity contribution in [2.24, 2.45) is 0 Å². The minimum atomic E-state index is -0.763. The van der Waals surface area contributed by atoms with Crippen molar-refractivity contribution in [2.45, 2.75) is 44.8 Å². The van der Waals surface area contributed by atoms with Crippen molar-refractivity contribution in [1.82, 2.24) is 5.32 Å². The van der Waals surface area contributed by atoms with Gasteiger partial charge < -0.3 is 10.2 Å². The Hall–Kier alpha value is -1.33. The Morgan fingerprint density at radius 3 is 2.86 bits per heavy atom. The molecule has 2 atom stereocenters. The summed E-state index contributed by atoms with van der Waals surface area (Å²) in [7, 11) is 0. The number of rotatable bonds is 3. The van der Waals surface area contributed by atoms with Gasteiger partial charge in [-0.05, 0) is 25.7 Å². The zero-order valence-electron chi connectivity index (χ0n) is 8.06. The molecule has 0 aromatic carbocycles. The molecule has 1 N–H and O–H groups in total. The first-order valence-electron chi connectivity index (χ1n) is 4.66. The molecule has 1 aliphatic carbocycles. The van der Waals surface area contributed by atoms with Crippen molar-refractivity contribution in [3.63, 3.8) is 0 Å². The van der Waals surface area contributed by atoms with Crippen molar-refractivity contribution in [3.8, 4) is 0 Å². The summed E-state index contributed by atoms with van der Waals surface area (Å²) in [5.41, 5.74) is 0. The van der Waals surface area contributed by atoms with Crippen LogP contribution in [0.5, 0.6) is 0 Å². The van der Waals surface area contributed by atoms with Crippen molar-refractivity contribution < 1.29 is 14.7 Å². The largest absolute Gasteiger partial charge is 0.354 e. The van der Waals surface area contributed by atoms with Crippen LogP contribution >= 0.6 is 0 Å². The molecule has 0 aromatic heterocycles. The minimum Gasteiger partial charge on any atom is -0.354 e. The maximum atomic E-state index is 10.8. The lowest BCUT2D eigenvalue weighted by Crippen LogP contribution is -2.39. The molecule has 1 aliphatic rings. The van der Waals surface area contributed by atoms with Crippen LogP contribution in [0.2, 0.25) is 0 Å². The number of carbonyl (C=O) groups excluding carboxylic acids is 1. The van der Waals surface area contributed by atoms with Gasteiger partial charge in [0, 0.05) is 13.0 Å². The molecule has 0 aromatic rings. The number of amides is 1. The highest BCUT2D eigenvalue weighted by molar-refractivity contribution is 5.73. The SMILES string of the molecule is CC(=O)NC1CCCC(O[N+](=O)[O-])C1. The van der Waals surface area contributed by atoms with E-state index in [4.69, 9.17) is 0 Å². The molecule has 0 saturated heterocycles. The monoisotopic (exact) mass is 202 g/mol. The predicted octanol–water partition coefficient (Wildman–Crippen LogP) is 0.642. The van der Waals surface area contributed by atoms with Crippen LogP contribution in [0.3, 0.4) is 0 Å². The molecule has 1 amide bonds. The number of carbonyl (C=O) groups is 1. The van der Waals surface area contributed by atoms with Gasteiger partial charge in [-0.25, -0.2) is 0 Å². The van der Waals surface area contributed by atoms with Crippen LogP contribution in [0.4, 0.5) is 0 Å². The second-order valence-electron chi connectivity index (χ2n) is 3.52. The van der Waals surface area contributed by atoms with Gasteiger partial charge in [-0.1, -0.05) is 0 Å². The highest BCUT2D eigenvalue weighted by Crippen LogP contribution is 2.21. The van der Waals surface area contributed by atoms with Crippen LogP contribution in [0.1, 0.15) is 32.6 Å². The highest BCUT2D eigenvalue weighted by Gasteiger charge is 2.24. The molecule has 6 heteroatoms. The smallest absolute Gasteiger partial charge is 0.294 e. The summed E-state index contributed by atoms with van der Waals surface area (Å²) >= 11 is 0. The molecule has 1 saturated carbocycles. The third-order valence-electron chi connectivity index (χ3n) is 2.27. The van der Waals surface area contributed by atoms with Gasteiger partial charge >= 0.3 is 0 Å². The molecule has 0 heterocycles. The summed E-state index contributed by atoms with van der Waals surface area (Å²) in [5, 5.41) is 12.1. The summed E-state index contributed by atoms with van der Waals surface area (Å²) in [6, 6.07) is 0.0196. The molecular weight excluding hydrogens is 188 g/mol. The zero-order valence-corrected chi connectivity index (χ0v) is 8.06. The van der Waals surface area contributed by atoms with Gasteiger partial charge in [0.1, 0.15) is 6.10 Å². The third kappa shape index (κ3) is 3.59. The van der Waals surface area contributed by atoms with Crippen molar-refractivity contribution >= 4 is 5.91 Å². The van der Waals surface area contributed by atoms with Gasteiger partial charge in [-0.15, -0.1) is 10.1 Å². The van der Waals surface area contributed by atoms with Gasteiger partial charge in [0.25, 0.3) is 5.09 Å². The highest BCUT2D eigenvalue weighted by atomic mass is 17.0. The minimum absolute atomic E-state index is 0.0196. The number of hydrogen-bond donors (Lipinski definition) is 1. The lowest BCUT2D eigenvalue weighted by molar-refractivity contribution is -0.769. The lowest BCUT2D eigenvalue weighted by Gasteiger charge is -2.27. The summed E-state index contributed by atoms with van der Waals surface area (Å²) in [4.78, 5) is 25.3. The van der Waals surface area contributed by atoms with E-state index < -0.39 is 5.09 Å². The quantitative estimate of drug-likeness (QED) is 0.538. The van der Waals surface area contributed by atoms with Crippen LogP contribution < -0.4 is 5.32 Å². The fourth-order valence-corrected chi connectivity index (χ4v) is 1.78. The van der Waals surface area contributed by atoms with Crippen LogP contribution in [-0.4, -0.2) is 23.1 Å². The topological polar surface area (TPSA) is 81.5 Å². The molecule has 2 unspecified atom stereocenters. The first-order chi connectivity index (χ1) is 6.58. The fourth-order valence-electron chi connectivity index (χ4n) is 1.78. The average molecular weight is 202 g/mol. The van der Waals surface area contributed by atoms with Crippen molar-refractivity contribution in [3.05, 3.63) is 10.1 Å². The van der Waals surface area contributed by atoms with Crippen LogP contribution in [0, 0.1) is 10.1 Å². The molecule has 14 heavy (non-hydrogen) atoms. The Bertz CT molecular complexity index is 209. The number of hydrogen-bond acceptors (Lipinski definition) is 4. The van der Waals surface area contributed by atoms with E-state index >= 15 is 0 Å². The summed E-state index contributed by atoms with van der Waals surface area (Å²) < 4.78 is 0. The molecule has 0 bridgehead atoms.